The van der Waals surface area contributed by atoms with Crippen molar-refractivity contribution in [2.24, 2.45) is 0 Å². The molecule has 4 aromatic heterocycles. The zero-order chi connectivity index (χ0) is 27.6. The summed E-state index contributed by atoms with van der Waals surface area (Å²) in [5.74, 6) is 1.37. The average molecular weight is 544 g/mol. The van der Waals surface area contributed by atoms with Gasteiger partial charge in [0, 0.05) is 68.7 Å². The minimum absolute atomic E-state index is 0.193. The van der Waals surface area contributed by atoms with Crippen LogP contribution in [0.3, 0.4) is 0 Å². The van der Waals surface area contributed by atoms with Gasteiger partial charge in [0.25, 0.3) is 5.56 Å². The number of ether oxygens (including phenoxy) is 2. The van der Waals surface area contributed by atoms with Gasteiger partial charge in [-0.05, 0) is 36.9 Å². The number of fused-ring (bicyclic) bond motifs is 2. The van der Waals surface area contributed by atoms with Crippen molar-refractivity contribution in [3.63, 3.8) is 0 Å². The van der Waals surface area contributed by atoms with E-state index in [1.807, 2.05) is 16.8 Å². The van der Waals surface area contributed by atoms with Gasteiger partial charge < -0.3 is 14.4 Å². The molecule has 206 valence electrons. The number of methoxy groups -OCH3 is 1. The summed E-state index contributed by atoms with van der Waals surface area (Å²) < 4.78 is 28.7. The van der Waals surface area contributed by atoms with E-state index in [9.17, 15) is 9.18 Å². The summed E-state index contributed by atoms with van der Waals surface area (Å²) in [6.45, 7) is 5.15. The molecule has 11 heteroatoms. The highest BCUT2D eigenvalue weighted by Gasteiger charge is 2.18. The maximum atomic E-state index is 14.3. The minimum atomic E-state index is -0.324. The number of halogens is 1. The van der Waals surface area contributed by atoms with Crippen LogP contribution in [0, 0.1) is 5.82 Å². The third kappa shape index (κ3) is 5.25. The highest BCUT2D eigenvalue weighted by atomic mass is 19.1. The molecule has 0 unspecified atom stereocenters. The quantitative estimate of drug-likeness (QED) is 0.295. The van der Waals surface area contributed by atoms with E-state index in [4.69, 9.17) is 9.47 Å². The van der Waals surface area contributed by atoms with Gasteiger partial charge in [0.05, 0.1) is 30.9 Å². The number of aromatic nitrogens is 5. The second-order valence-electron chi connectivity index (χ2n) is 9.92. The van der Waals surface area contributed by atoms with E-state index in [0.29, 0.717) is 33.9 Å². The Morgan fingerprint density at radius 3 is 2.70 bits per heavy atom. The Morgan fingerprint density at radius 2 is 1.88 bits per heavy atom. The van der Waals surface area contributed by atoms with Crippen LogP contribution in [0.4, 0.5) is 4.39 Å². The van der Waals surface area contributed by atoms with Crippen LogP contribution < -0.4 is 15.0 Å². The molecule has 40 heavy (non-hydrogen) atoms. The molecule has 5 aromatic rings. The van der Waals surface area contributed by atoms with Gasteiger partial charge >= 0.3 is 0 Å². The highest BCUT2D eigenvalue weighted by molar-refractivity contribution is 5.85. The summed E-state index contributed by atoms with van der Waals surface area (Å²) in [5.41, 5.74) is 2.80. The molecule has 10 nitrogen and oxygen atoms in total. The second-order valence-corrected chi connectivity index (χ2v) is 9.92. The predicted octanol–water partition coefficient (Wildman–Crippen LogP) is 3.10. The van der Waals surface area contributed by atoms with Crippen LogP contribution >= 0.6 is 0 Å². The van der Waals surface area contributed by atoms with E-state index in [1.54, 1.807) is 37.7 Å². The van der Waals surface area contributed by atoms with Gasteiger partial charge in [0.2, 0.25) is 0 Å². The standard InChI is InChI=1S/C29H30FN7O3/c1-34-9-11-35(12-10-34)18-20-19-36(25-15-21(30)3-4-23(20)25)27-5-6-28(38)37(33-27)13-14-40-26-7-8-31-24-16-22(39-2)17-32-29(24)26/h3-8,15-17,19H,9-14,18H2,1-2H3. The Kier molecular flexibility index (Phi) is 7.14. The Bertz CT molecular complexity index is 1730. The van der Waals surface area contributed by atoms with Crippen LogP contribution in [-0.4, -0.2) is 81.1 Å². The molecule has 0 aliphatic carbocycles. The Morgan fingerprint density at radius 1 is 1.02 bits per heavy atom. The molecule has 0 atom stereocenters. The first-order chi connectivity index (χ1) is 19.5. The lowest BCUT2D eigenvalue weighted by molar-refractivity contribution is 0.148. The lowest BCUT2D eigenvalue weighted by Crippen LogP contribution is -2.43. The first-order valence-corrected chi connectivity index (χ1v) is 13.2. The maximum Gasteiger partial charge on any atom is 0.266 e. The van der Waals surface area contributed by atoms with Gasteiger partial charge in [0.15, 0.2) is 5.82 Å². The molecule has 0 radical (unpaired) electrons. The van der Waals surface area contributed by atoms with Crippen molar-refractivity contribution >= 4 is 21.9 Å². The number of likely N-dealkylation sites (N-methyl/N-ethyl adjacent to an activating group) is 1. The smallest absolute Gasteiger partial charge is 0.266 e. The summed E-state index contributed by atoms with van der Waals surface area (Å²) >= 11 is 0. The van der Waals surface area contributed by atoms with E-state index < -0.39 is 0 Å². The van der Waals surface area contributed by atoms with Crippen molar-refractivity contribution in [1.82, 2.24) is 34.1 Å². The summed E-state index contributed by atoms with van der Waals surface area (Å²) in [6.07, 6.45) is 5.24. The predicted molar refractivity (Wildman–Crippen MR) is 150 cm³/mol. The van der Waals surface area contributed by atoms with Crippen LogP contribution in [0.15, 0.2) is 65.8 Å². The molecule has 0 amide bonds. The normalized spacial score (nSPS) is 14.7. The largest absolute Gasteiger partial charge is 0.495 e. The monoisotopic (exact) mass is 543 g/mol. The molecule has 1 saturated heterocycles. The molecule has 5 heterocycles. The number of benzene rings is 1. The summed E-state index contributed by atoms with van der Waals surface area (Å²) in [7, 11) is 3.70. The van der Waals surface area contributed by atoms with Gasteiger partial charge in [-0.25, -0.2) is 14.1 Å². The first kappa shape index (κ1) is 25.9. The summed E-state index contributed by atoms with van der Waals surface area (Å²) in [5, 5.41) is 5.58. The van der Waals surface area contributed by atoms with Crippen molar-refractivity contribution < 1.29 is 13.9 Å². The van der Waals surface area contributed by atoms with Gasteiger partial charge in [-0.3, -0.25) is 19.2 Å². The lowest BCUT2D eigenvalue weighted by Gasteiger charge is -2.32. The molecule has 0 spiro atoms. The number of rotatable bonds is 8. The molecular formula is C29H30FN7O3. The Hall–Kier alpha value is -4.35. The lowest BCUT2D eigenvalue weighted by atomic mass is 10.1. The van der Waals surface area contributed by atoms with Crippen LogP contribution in [0.5, 0.6) is 11.5 Å². The number of pyridine rings is 2. The maximum absolute atomic E-state index is 14.3. The Balaban J connectivity index is 1.25. The van der Waals surface area contributed by atoms with Crippen LogP contribution in [0.1, 0.15) is 5.56 Å². The van der Waals surface area contributed by atoms with Crippen molar-refractivity contribution in [3.8, 4) is 17.3 Å². The zero-order valence-corrected chi connectivity index (χ0v) is 22.5. The fourth-order valence-electron chi connectivity index (χ4n) is 5.02. The van der Waals surface area contributed by atoms with Crippen molar-refractivity contribution in [2.45, 2.75) is 13.1 Å². The van der Waals surface area contributed by atoms with E-state index in [-0.39, 0.29) is 24.5 Å². The van der Waals surface area contributed by atoms with E-state index in [0.717, 1.165) is 43.7 Å². The first-order valence-electron chi connectivity index (χ1n) is 13.2. The van der Waals surface area contributed by atoms with Crippen LogP contribution in [0.2, 0.25) is 0 Å². The molecule has 1 aromatic carbocycles. The molecule has 0 bridgehead atoms. The molecule has 0 saturated carbocycles. The highest BCUT2D eigenvalue weighted by Crippen LogP contribution is 2.27. The fourth-order valence-corrected chi connectivity index (χ4v) is 5.02. The van der Waals surface area contributed by atoms with Gasteiger partial charge in [0.1, 0.15) is 29.4 Å². The van der Waals surface area contributed by atoms with Crippen molar-refractivity contribution in [1.29, 1.82) is 0 Å². The second kappa shape index (κ2) is 11.0. The average Bonchev–Trinajstić information content (AvgIpc) is 3.32. The van der Waals surface area contributed by atoms with Crippen molar-refractivity contribution in [3.05, 3.63) is 82.8 Å². The molecule has 1 aliphatic heterocycles. The van der Waals surface area contributed by atoms with Gasteiger partial charge in [-0.2, -0.15) is 5.10 Å². The third-order valence-corrected chi connectivity index (χ3v) is 7.25. The van der Waals surface area contributed by atoms with Crippen molar-refractivity contribution in [2.75, 3.05) is 46.9 Å². The minimum Gasteiger partial charge on any atom is -0.495 e. The van der Waals surface area contributed by atoms with E-state index in [2.05, 4.69) is 31.9 Å². The zero-order valence-electron chi connectivity index (χ0n) is 22.5. The molecular weight excluding hydrogens is 513 g/mol. The van der Waals surface area contributed by atoms with E-state index in [1.165, 1.54) is 22.9 Å². The third-order valence-electron chi connectivity index (χ3n) is 7.25. The Labute approximate surface area is 230 Å². The summed E-state index contributed by atoms with van der Waals surface area (Å²) in [6, 6.07) is 11.5. The summed E-state index contributed by atoms with van der Waals surface area (Å²) in [4.78, 5) is 26.1. The topological polar surface area (TPSA) is 90.5 Å². The van der Waals surface area contributed by atoms with Crippen LogP contribution in [-0.2, 0) is 13.1 Å². The number of piperazine rings is 1. The molecule has 1 aliphatic rings. The number of hydrogen-bond donors (Lipinski definition) is 0. The van der Waals surface area contributed by atoms with Crippen LogP contribution in [0.25, 0.3) is 27.8 Å². The van der Waals surface area contributed by atoms with Gasteiger partial charge in [-0.15, -0.1) is 0 Å². The number of nitrogens with zero attached hydrogens (tertiary/aromatic N) is 7. The fraction of sp³-hybridized carbons (Fsp3) is 0.310. The molecule has 1 fully saturated rings. The number of hydrogen-bond acceptors (Lipinski definition) is 8. The SMILES string of the molecule is COc1cnc2c(OCCn3nc(-n4cc(CN5CCN(C)CC5)c5ccc(F)cc54)ccc3=O)ccnc2c1. The van der Waals surface area contributed by atoms with E-state index >= 15 is 0 Å². The molecule has 6 rings (SSSR count). The molecule has 0 N–H and O–H groups in total. The van der Waals surface area contributed by atoms with Gasteiger partial charge in [-0.1, -0.05) is 0 Å².